The molecule has 0 bridgehead atoms. The first-order chi connectivity index (χ1) is 10.8. The second kappa shape index (κ2) is 5.49. The van der Waals surface area contributed by atoms with Crippen LogP contribution in [0.5, 0.6) is 5.75 Å². The van der Waals surface area contributed by atoms with Gasteiger partial charge in [-0.2, -0.15) is 0 Å². The van der Waals surface area contributed by atoms with Crippen molar-refractivity contribution in [3.63, 3.8) is 0 Å². The highest BCUT2D eigenvalue weighted by Gasteiger charge is 2.05. The van der Waals surface area contributed by atoms with E-state index < -0.39 is 0 Å². The Labute approximate surface area is 136 Å². The van der Waals surface area contributed by atoms with Crippen molar-refractivity contribution < 1.29 is 4.74 Å². The molecule has 106 valence electrons. The molecule has 0 atom stereocenters. The summed E-state index contributed by atoms with van der Waals surface area (Å²) >= 11 is 3.53. The van der Waals surface area contributed by atoms with Gasteiger partial charge in [0.25, 0.3) is 0 Å². The fourth-order valence-corrected chi connectivity index (χ4v) is 4.17. The Bertz CT molecular complexity index is 1010. The van der Waals surface area contributed by atoms with Crippen molar-refractivity contribution in [2.45, 2.75) is 0 Å². The molecule has 0 amide bonds. The molecule has 1 nitrogen and oxygen atoms in total. The molecule has 0 unspecified atom stereocenters. The van der Waals surface area contributed by atoms with Crippen molar-refractivity contribution >= 4 is 42.8 Å². The maximum atomic E-state index is 5.16. The summed E-state index contributed by atoms with van der Waals surface area (Å²) in [6.07, 6.45) is 0. The first-order valence-corrected chi connectivity index (χ1v) is 8.59. The largest absolute Gasteiger partial charge is 0.497 e. The van der Waals surface area contributed by atoms with Crippen LogP contribution in [-0.2, 0) is 0 Å². The van der Waals surface area contributed by atoms with E-state index in [1.807, 2.05) is 24.3 Å². The monoisotopic (exact) mass is 320 g/mol. The predicted molar refractivity (Wildman–Crippen MR) is 96.2 cm³/mol. The highest BCUT2D eigenvalue weighted by molar-refractivity contribution is 7.20. The summed E-state index contributed by atoms with van der Waals surface area (Å²) < 4.78 is 7.79. The lowest BCUT2D eigenvalue weighted by atomic mass is 10.2. The molecule has 0 radical (unpaired) electrons. The Kier molecular flexibility index (Phi) is 3.34. The van der Waals surface area contributed by atoms with Crippen molar-refractivity contribution in [3.05, 3.63) is 64.4 Å². The number of ether oxygens (including phenoxy) is 1. The quantitative estimate of drug-likeness (QED) is 0.419. The molecule has 3 heteroatoms. The number of hydrogen-bond donors (Lipinski definition) is 0. The Balaban J connectivity index is 1.73. The van der Waals surface area contributed by atoms with Crippen LogP contribution in [0.15, 0.2) is 53.9 Å². The number of fused-ring (bicyclic) bond motifs is 3. The molecule has 0 aliphatic rings. The molecule has 0 fully saturated rings. The summed E-state index contributed by atoms with van der Waals surface area (Å²) in [5.41, 5.74) is 0.999. The molecule has 4 rings (SSSR count). The van der Waals surface area contributed by atoms with E-state index in [4.69, 9.17) is 4.74 Å². The molecule has 0 spiro atoms. The maximum absolute atomic E-state index is 5.16. The summed E-state index contributed by atoms with van der Waals surface area (Å²) in [6, 6.07) is 16.6. The first kappa shape index (κ1) is 13.4. The van der Waals surface area contributed by atoms with Gasteiger partial charge >= 0.3 is 0 Å². The SMILES string of the molecule is COc1ccc(C#Cc2cc3c(ccc4sccc43)s2)cc1. The van der Waals surface area contributed by atoms with E-state index in [2.05, 4.69) is 41.5 Å². The predicted octanol–water partition coefficient (Wildman–Crippen LogP) is 5.52. The molecule has 4 aromatic rings. The number of thiophene rings is 2. The molecule has 0 saturated carbocycles. The van der Waals surface area contributed by atoms with Gasteiger partial charge in [0, 0.05) is 25.7 Å². The van der Waals surface area contributed by atoms with Crippen molar-refractivity contribution in [3.8, 4) is 17.6 Å². The highest BCUT2D eigenvalue weighted by atomic mass is 32.1. The van der Waals surface area contributed by atoms with E-state index >= 15 is 0 Å². The zero-order valence-electron chi connectivity index (χ0n) is 11.9. The molecule has 0 saturated heterocycles. The second-order valence-corrected chi connectivity index (χ2v) is 6.93. The zero-order valence-corrected chi connectivity index (χ0v) is 13.6. The van der Waals surface area contributed by atoms with Crippen molar-refractivity contribution in [2.75, 3.05) is 7.11 Å². The summed E-state index contributed by atoms with van der Waals surface area (Å²) in [5, 5.41) is 4.78. The van der Waals surface area contributed by atoms with E-state index in [0.29, 0.717) is 0 Å². The van der Waals surface area contributed by atoms with Crippen LogP contribution in [0.25, 0.3) is 20.2 Å². The lowest BCUT2D eigenvalue weighted by Crippen LogP contribution is -1.81. The van der Waals surface area contributed by atoms with Gasteiger partial charge in [0.1, 0.15) is 5.75 Å². The van der Waals surface area contributed by atoms with Gasteiger partial charge in [-0.1, -0.05) is 11.8 Å². The van der Waals surface area contributed by atoms with Crippen LogP contribution < -0.4 is 4.74 Å². The molecule has 22 heavy (non-hydrogen) atoms. The molecule has 0 aliphatic carbocycles. The lowest BCUT2D eigenvalue weighted by Gasteiger charge is -1.97. The van der Waals surface area contributed by atoms with Gasteiger partial charge in [-0.15, -0.1) is 22.7 Å². The van der Waals surface area contributed by atoms with Gasteiger partial charge in [-0.3, -0.25) is 0 Å². The van der Waals surface area contributed by atoms with E-state index in [-0.39, 0.29) is 0 Å². The van der Waals surface area contributed by atoms with Gasteiger partial charge in [0.15, 0.2) is 0 Å². The fourth-order valence-electron chi connectivity index (χ4n) is 2.43. The molecule has 2 aromatic carbocycles. The third-order valence-corrected chi connectivity index (χ3v) is 5.45. The Morgan fingerprint density at radius 3 is 2.50 bits per heavy atom. The minimum absolute atomic E-state index is 0.854. The van der Waals surface area contributed by atoms with Crippen LogP contribution in [0.3, 0.4) is 0 Å². The maximum Gasteiger partial charge on any atom is 0.118 e. The van der Waals surface area contributed by atoms with Gasteiger partial charge in [-0.05, 0) is 53.9 Å². The number of rotatable bonds is 1. The van der Waals surface area contributed by atoms with Crippen molar-refractivity contribution in [1.82, 2.24) is 0 Å². The van der Waals surface area contributed by atoms with E-state index in [9.17, 15) is 0 Å². The average Bonchev–Trinajstić information content (AvgIpc) is 3.18. The molecular formula is C19H12OS2. The van der Waals surface area contributed by atoms with Crippen molar-refractivity contribution in [1.29, 1.82) is 0 Å². The van der Waals surface area contributed by atoms with Crippen LogP contribution >= 0.6 is 22.7 Å². The van der Waals surface area contributed by atoms with Crippen LogP contribution in [0.4, 0.5) is 0 Å². The summed E-state index contributed by atoms with van der Waals surface area (Å²) in [7, 11) is 1.67. The minimum atomic E-state index is 0.854. The first-order valence-electron chi connectivity index (χ1n) is 6.89. The number of methoxy groups -OCH3 is 1. The van der Waals surface area contributed by atoms with Crippen LogP contribution in [0.1, 0.15) is 10.4 Å². The summed E-state index contributed by atoms with van der Waals surface area (Å²) in [6.45, 7) is 0. The van der Waals surface area contributed by atoms with Crippen LogP contribution in [0, 0.1) is 11.8 Å². The van der Waals surface area contributed by atoms with Gasteiger partial charge < -0.3 is 4.74 Å². The summed E-state index contributed by atoms with van der Waals surface area (Å²) in [5.74, 6) is 7.35. The number of hydrogen-bond acceptors (Lipinski definition) is 3. The average molecular weight is 320 g/mol. The molecule has 0 N–H and O–H groups in total. The van der Waals surface area contributed by atoms with E-state index in [1.54, 1.807) is 29.8 Å². The van der Waals surface area contributed by atoms with Gasteiger partial charge in [0.05, 0.1) is 12.0 Å². The van der Waals surface area contributed by atoms with Crippen molar-refractivity contribution in [2.24, 2.45) is 0 Å². The zero-order chi connectivity index (χ0) is 14.9. The Morgan fingerprint density at radius 2 is 1.68 bits per heavy atom. The minimum Gasteiger partial charge on any atom is -0.497 e. The lowest BCUT2D eigenvalue weighted by molar-refractivity contribution is 0.415. The molecule has 0 aliphatic heterocycles. The van der Waals surface area contributed by atoms with Crippen LogP contribution in [0.2, 0.25) is 0 Å². The van der Waals surface area contributed by atoms with E-state index in [1.165, 1.54) is 20.2 Å². The standard InChI is InChI=1S/C19H12OS2/c1-20-14-5-2-13(3-6-14)4-7-15-12-17-16-10-11-21-18(16)8-9-19(17)22-15/h2-3,5-6,8-12H,1H3. The van der Waals surface area contributed by atoms with Gasteiger partial charge in [-0.25, -0.2) is 0 Å². The molecule has 2 heterocycles. The highest BCUT2D eigenvalue weighted by Crippen LogP contribution is 2.34. The normalized spacial score (nSPS) is 10.6. The third kappa shape index (κ3) is 2.37. The molecule has 2 aromatic heterocycles. The molecular weight excluding hydrogens is 308 g/mol. The van der Waals surface area contributed by atoms with Crippen LogP contribution in [-0.4, -0.2) is 7.11 Å². The Hall–Kier alpha value is -2.28. The summed E-state index contributed by atoms with van der Waals surface area (Å²) in [4.78, 5) is 1.10. The van der Waals surface area contributed by atoms with E-state index in [0.717, 1.165) is 16.2 Å². The Morgan fingerprint density at radius 1 is 0.864 bits per heavy atom. The van der Waals surface area contributed by atoms with Gasteiger partial charge in [0.2, 0.25) is 0 Å². The third-order valence-electron chi connectivity index (χ3n) is 3.55. The second-order valence-electron chi connectivity index (χ2n) is 4.90. The topological polar surface area (TPSA) is 9.23 Å². The number of benzene rings is 2. The smallest absolute Gasteiger partial charge is 0.118 e. The fraction of sp³-hybridized carbons (Fsp3) is 0.0526.